The Morgan fingerprint density at radius 2 is 2.40 bits per heavy atom. The van der Waals surface area contributed by atoms with Crippen LogP contribution in [-0.2, 0) is 7.05 Å². The maximum absolute atomic E-state index is 11.5. The van der Waals surface area contributed by atoms with Crippen molar-refractivity contribution in [1.29, 1.82) is 0 Å². The summed E-state index contributed by atoms with van der Waals surface area (Å²) < 4.78 is 1.56. The predicted octanol–water partition coefficient (Wildman–Crippen LogP) is 0.311. The minimum Gasteiger partial charge on any atom is -0.388 e. The summed E-state index contributed by atoms with van der Waals surface area (Å²) in [5.74, 6) is -0.211. The average Bonchev–Trinajstić information content (AvgIpc) is 2.61. The van der Waals surface area contributed by atoms with E-state index in [0.717, 1.165) is 0 Å². The van der Waals surface area contributed by atoms with Gasteiger partial charge < -0.3 is 10.4 Å². The van der Waals surface area contributed by atoms with Crippen LogP contribution in [0.1, 0.15) is 30.6 Å². The Hall–Kier alpha value is -1.36. The molecule has 0 aliphatic carbocycles. The minimum absolute atomic E-state index is 0.211. The lowest BCUT2D eigenvalue weighted by molar-refractivity contribution is 0.0518. The van der Waals surface area contributed by atoms with Gasteiger partial charge in [0.25, 0.3) is 5.91 Å². The lowest BCUT2D eigenvalue weighted by Gasteiger charge is -2.21. The molecule has 2 N–H and O–H groups in total. The van der Waals surface area contributed by atoms with Gasteiger partial charge in [0.2, 0.25) is 0 Å². The van der Waals surface area contributed by atoms with Crippen molar-refractivity contribution in [3.8, 4) is 0 Å². The molecule has 0 bridgehead atoms. The summed E-state index contributed by atoms with van der Waals surface area (Å²) in [6.45, 7) is 3.81. The lowest BCUT2D eigenvalue weighted by atomic mass is 10.0. The molecule has 5 nitrogen and oxygen atoms in total. The van der Waals surface area contributed by atoms with Crippen LogP contribution in [-0.4, -0.2) is 32.9 Å². The van der Waals surface area contributed by atoms with Gasteiger partial charge >= 0.3 is 0 Å². The molecule has 1 rings (SSSR count). The van der Waals surface area contributed by atoms with Crippen molar-refractivity contribution in [2.75, 3.05) is 6.54 Å². The number of carbonyl (C=O) groups is 1. The van der Waals surface area contributed by atoms with Crippen molar-refractivity contribution in [2.45, 2.75) is 25.9 Å². The number of amides is 1. The number of nitrogens with zero attached hydrogens (tertiary/aromatic N) is 2. The molecule has 0 saturated heterocycles. The molecular formula is C10H17N3O2. The molecule has 0 aliphatic rings. The zero-order valence-corrected chi connectivity index (χ0v) is 9.32. The fourth-order valence-electron chi connectivity index (χ4n) is 1.04. The molecule has 0 fully saturated rings. The first-order chi connectivity index (χ1) is 6.94. The van der Waals surface area contributed by atoms with Gasteiger partial charge in [-0.05, 0) is 13.3 Å². The fraction of sp³-hybridized carbons (Fsp3) is 0.600. The summed E-state index contributed by atoms with van der Waals surface area (Å²) in [5, 5.41) is 16.2. The van der Waals surface area contributed by atoms with E-state index in [1.165, 1.54) is 6.20 Å². The van der Waals surface area contributed by atoms with E-state index in [1.54, 1.807) is 24.9 Å². The minimum atomic E-state index is -0.849. The number of aryl methyl sites for hydroxylation is 1. The van der Waals surface area contributed by atoms with Crippen LogP contribution in [0.2, 0.25) is 0 Å². The molecule has 0 aromatic carbocycles. The number of rotatable bonds is 4. The smallest absolute Gasteiger partial charge is 0.254 e. The molecule has 5 heteroatoms. The first-order valence-electron chi connectivity index (χ1n) is 4.94. The van der Waals surface area contributed by atoms with Crippen LogP contribution < -0.4 is 5.32 Å². The summed E-state index contributed by atoms with van der Waals surface area (Å²) in [4.78, 5) is 11.5. The summed E-state index contributed by atoms with van der Waals surface area (Å²) in [6, 6.07) is 0. The fourth-order valence-corrected chi connectivity index (χ4v) is 1.04. The van der Waals surface area contributed by atoms with Crippen molar-refractivity contribution in [3.63, 3.8) is 0 Å². The Kier molecular flexibility index (Phi) is 3.47. The van der Waals surface area contributed by atoms with E-state index in [4.69, 9.17) is 0 Å². The molecule has 1 aromatic heterocycles. The highest BCUT2D eigenvalue weighted by Gasteiger charge is 2.19. The van der Waals surface area contributed by atoms with Crippen LogP contribution in [0.5, 0.6) is 0 Å². The zero-order chi connectivity index (χ0) is 11.5. The van der Waals surface area contributed by atoms with Crippen LogP contribution >= 0.6 is 0 Å². The molecule has 1 atom stereocenters. The highest BCUT2D eigenvalue weighted by molar-refractivity contribution is 5.93. The van der Waals surface area contributed by atoms with E-state index >= 15 is 0 Å². The monoisotopic (exact) mass is 211 g/mol. The van der Waals surface area contributed by atoms with Gasteiger partial charge in [-0.3, -0.25) is 9.48 Å². The van der Waals surface area contributed by atoms with E-state index in [0.29, 0.717) is 12.0 Å². The van der Waals surface area contributed by atoms with E-state index < -0.39 is 5.60 Å². The Bertz CT molecular complexity index is 344. The standard InChI is InChI=1S/C10H17N3O2/c1-4-10(2,15)7-11-9(14)8-5-12-13(3)6-8/h5-6,15H,4,7H2,1-3H3,(H,11,14). The number of aromatic nitrogens is 2. The molecule has 1 amide bonds. The van der Waals surface area contributed by atoms with E-state index in [2.05, 4.69) is 10.4 Å². The van der Waals surface area contributed by atoms with Crippen molar-refractivity contribution >= 4 is 5.91 Å². The van der Waals surface area contributed by atoms with Crippen molar-refractivity contribution in [3.05, 3.63) is 18.0 Å². The van der Waals surface area contributed by atoms with Crippen molar-refractivity contribution in [2.24, 2.45) is 7.05 Å². The predicted molar refractivity (Wildman–Crippen MR) is 56.5 cm³/mol. The van der Waals surface area contributed by atoms with Crippen LogP contribution in [0.25, 0.3) is 0 Å². The van der Waals surface area contributed by atoms with Gasteiger partial charge in [0, 0.05) is 19.8 Å². The number of carbonyl (C=O) groups excluding carboxylic acids is 1. The largest absolute Gasteiger partial charge is 0.388 e. The molecule has 0 radical (unpaired) electrons. The van der Waals surface area contributed by atoms with Crippen LogP contribution in [0.3, 0.4) is 0 Å². The van der Waals surface area contributed by atoms with E-state index in [-0.39, 0.29) is 12.5 Å². The Labute approximate surface area is 89.1 Å². The number of hydrogen-bond acceptors (Lipinski definition) is 3. The number of aliphatic hydroxyl groups is 1. The highest BCUT2D eigenvalue weighted by Crippen LogP contribution is 2.06. The number of nitrogens with one attached hydrogen (secondary N) is 1. The third kappa shape index (κ3) is 3.36. The van der Waals surface area contributed by atoms with Gasteiger partial charge in [-0.2, -0.15) is 5.10 Å². The number of hydrogen-bond donors (Lipinski definition) is 2. The van der Waals surface area contributed by atoms with Gasteiger partial charge in [-0.25, -0.2) is 0 Å². The van der Waals surface area contributed by atoms with Crippen LogP contribution in [0.15, 0.2) is 12.4 Å². The molecule has 0 spiro atoms. The summed E-state index contributed by atoms with van der Waals surface area (Å²) in [6.07, 6.45) is 3.73. The molecule has 1 heterocycles. The first-order valence-corrected chi connectivity index (χ1v) is 4.94. The summed E-state index contributed by atoms with van der Waals surface area (Å²) >= 11 is 0. The second-order valence-electron chi connectivity index (χ2n) is 3.94. The molecule has 84 valence electrons. The van der Waals surface area contributed by atoms with Crippen molar-refractivity contribution in [1.82, 2.24) is 15.1 Å². The van der Waals surface area contributed by atoms with Gasteiger partial charge in [-0.15, -0.1) is 0 Å². The second-order valence-corrected chi connectivity index (χ2v) is 3.94. The summed E-state index contributed by atoms with van der Waals surface area (Å²) in [7, 11) is 1.75. The van der Waals surface area contributed by atoms with Gasteiger partial charge in [-0.1, -0.05) is 6.92 Å². The SMILES string of the molecule is CCC(C)(O)CNC(=O)c1cnn(C)c1. The first kappa shape index (κ1) is 11.7. The molecule has 1 unspecified atom stereocenters. The second kappa shape index (κ2) is 4.44. The van der Waals surface area contributed by atoms with Gasteiger partial charge in [0.05, 0.1) is 17.4 Å². The normalized spacial score (nSPS) is 14.7. The van der Waals surface area contributed by atoms with Gasteiger partial charge in [0.1, 0.15) is 0 Å². The third-order valence-corrected chi connectivity index (χ3v) is 2.36. The van der Waals surface area contributed by atoms with E-state index in [9.17, 15) is 9.90 Å². The molecular weight excluding hydrogens is 194 g/mol. The topological polar surface area (TPSA) is 67.2 Å². The zero-order valence-electron chi connectivity index (χ0n) is 9.32. The molecule has 15 heavy (non-hydrogen) atoms. The summed E-state index contributed by atoms with van der Waals surface area (Å²) in [5.41, 5.74) is -0.345. The molecule has 1 aromatic rings. The maximum Gasteiger partial charge on any atom is 0.254 e. The Morgan fingerprint density at radius 3 is 2.87 bits per heavy atom. The molecule has 0 saturated carbocycles. The average molecular weight is 211 g/mol. The van der Waals surface area contributed by atoms with Gasteiger partial charge in [0.15, 0.2) is 0 Å². The lowest BCUT2D eigenvalue weighted by Crippen LogP contribution is -2.39. The van der Waals surface area contributed by atoms with E-state index in [1.807, 2.05) is 6.92 Å². The highest BCUT2D eigenvalue weighted by atomic mass is 16.3. The third-order valence-electron chi connectivity index (χ3n) is 2.36. The van der Waals surface area contributed by atoms with Crippen LogP contribution in [0, 0.1) is 0 Å². The Balaban J connectivity index is 2.50. The Morgan fingerprint density at radius 1 is 1.73 bits per heavy atom. The van der Waals surface area contributed by atoms with Crippen molar-refractivity contribution < 1.29 is 9.90 Å². The maximum atomic E-state index is 11.5. The quantitative estimate of drug-likeness (QED) is 0.753. The van der Waals surface area contributed by atoms with Crippen LogP contribution in [0.4, 0.5) is 0 Å². The molecule has 0 aliphatic heterocycles.